The third kappa shape index (κ3) is 13.1. The molecule has 6 aromatic carbocycles. The number of rotatable bonds is 15. The molecule has 0 aliphatic rings. The van der Waals surface area contributed by atoms with E-state index in [-0.39, 0.29) is 0 Å². The fourth-order valence-electron chi connectivity index (χ4n) is 10.3. The molecule has 0 fully saturated rings. The Morgan fingerprint density at radius 1 is 0.338 bits per heavy atom. The molecule has 0 N–H and O–H groups in total. The first-order valence-corrected chi connectivity index (χ1v) is 31.7. The molecule has 0 aromatic heterocycles. The summed E-state index contributed by atoms with van der Waals surface area (Å²) in [5.74, 6) is 4.01. The predicted molar refractivity (Wildman–Crippen MR) is 308 cm³/mol. The van der Waals surface area contributed by atoms with Crippen LogP contribution in [0.1, 0.15) is 230 Å². The van der Waals surface area contributed by atoms with Crippen molar-refractivity contribution in [2.75, 3.05) is 0 Å². The van der Waals surface area contributed by atoms with Crippen molar-refractivity contribution in [3.05, 3.63) is 154 Å². The van der Waals surface area contributed by atoms with Crippen LogP contribution in [0.25, 0.3) is 44.5 Å². The molecule has 0 amide bonds. The van der Waals surface area contributed by atoms with Crippen LogP contribution in [0.5, 0.6) is 0 Å². The summed E-state index contributed by atoms with van der Waals surface area (Å²) >= 11 is 0.391. The van der Waals surface area contributed by atoms with Gasteiger partial charge in [0, 0.05) is 0 Å². The van der Waals surface area contributed by atoms with E-state index in [4.69, 9.17) is 0 Å². The molecule has 6 aromatic rings. The van der Waals surface area contributed by atoms with Gasteiger partial charge in [-0.2, -0.15) is 0 Å². The van der Waals surface area contributed by atoms with Crippen LogP contribution in [0.15, 0.2) is 109 Å². The second-order valence-corrected chi connectivity index (χ2v) is 29.2. The van der Waals surface area contributed by atoms with E-state index in [0.717, 1.165) is 0 Å². The standard InChI is InChI=1S/2C30H37.C6H13.2Sn.H/c2*1-19(2)25-14-10-15-26(20(3)4)29(25)23-12-9-13-24(18-23)30-27(21(5)6)16-11-17-28(30)22(7)8;1-5-6(2,3)4;;;/h2*9-17,19-22H,1-8H3;1,5H2,2-4H3;;;. The molecule has 4 radical (unpaired) electrons. The Morgan fingerprint density at radius 3 is 0.765 bits per heavy atom. The average Bonchev–Trinajstić information content (AvgIpc) is 3.27. The average molecular weight is 1120 g/mol. The zero-order valence-corrected chi connectivity index (χ0v) is 52.2. The van der Waals surface area contributed by atoms with E-state index in [0.29, 0.717) is 52.8 Å². The van der Waals surface area contributed by atoms with E-state index >= 15 is 0 Å². The first-order chi connectivity index (χ1) is 32.0. The molecular weight excluding hydrogens is 1030 g/mol. The molecule has 0 spiro atoms. The van der Waals surface area contributed by atoms with E-state index in [9.17, 15) is 0 Å². The van der Waals surface area contributed by atoms with Gasteiger partial charge < -0.3 is 0 Å². The third-order valence-electron chi connectivity index (χ3n) is 14.0. The van der Waals surface area contributed by atoms with Gasteiger partial charge in [0.1, 0.15) is 0 Å². The number of hydrogen-bond acceptors (Lipinski definition) is 0. The second kappa shape index (κ2) is 24.4. The van der Waals surface area contributed by atoms with Crippen LogP contribution in [0.4, 0.5) is 0 Å². The van der Waals surface area contributed by atoms with Gasteiger partial charge in [-0.25, -0.2) is 0 Å². The summed E-state index contributed by atoms with van der Waals surface area (Å²) in [4.78, 5) is 0. The van der Waals surface area contributed by atoms with Crippen LogP contribution in [0.3, 0.4) is 0 Å². The Morgan fingerprint density at radius 2 is 0.544 bits per heavy atom. The summed E-state index contributed by atoms with van der Waals surface area (Å²) in [5, 5.41) is 0. The van der Waals surface area contributed by atoms with Crippen molar-refractivity contribution >= 4 is 50.8 Å². The predicted octanol–water partition coefficient (Wildman–Crippen LogP) is 18.7. The van der Waals surface area contributed by atoms with Crippen molar-refractivity contribution < 1.29 is 0 Å². The van der Waals surface area contributed by atoms with E-state index in [1.807, 2.05) is 0 Å². The molecule has 0 heterocycles. The van der Waals surface area contributed by atoms with Crippen molar-refractivity contribution in [3.8, 4) is 44.5 Å². The van der Waals surface area contributed by atoms with Crippen molar-refractivity contribution in [1.29, 1.82) is 0 Å². The molecule has 0 aliphatic heterocycles. The number of hydrogen-bond donors (Lipinski definition) is 0. The molecule has 0 atom stereocenters. The van der Waals surface area contributed by atoms with Crippen molar-refractivity contribution in [1.82, 2.24) is 0 Å². The third-order valence-corrected chi connectivity index (χ3v) is 20.1. The Labute approximate surface area is 440 Å². The maximum absolute atomic E-state index is 2.46. The van der Waals surface area contributed by atoms with Crippen LogP contribution in [0, 0.1) is 5.41 Å². The normalized spacial score (nSPS) is 12.2. The SMILES string of the molecule is CC(C)c1cccc(C(C)C)c1-c1cccc(-c2c(C(C)C)cccc2C(C)C)[c]1[SnH][CH2]CC(C)(C)C.CC(C)c1cccc(C(C)C)c1-c1cccc(-c2c(C(C)C)cccc2C(C)C)[c]1[Sn]. The van der Waals surface area contributed by atoms with Crippen molar-refractivity contribution in [2.24, 2.45) is 5.41 Å². The van der Waals surface area contributed by atoms with E-state index in [1.54, 1.807) is 3.58 Å². The van der Waals surface area contributed by atoms with Gasteiger partial charge in [0.2, 0.25) is 0 Å². The van der Waals surface area contributed by atoms with Gasteiger partial charge in [-0.1, -0.05) is 0 Å². The zero-order chi connectivity index (χ0) is 50.4. The van der Waals surface area contributed by atoms with Gasteiger partial charge in [0.15, 0.2) is 0 Å². The van der Waals surface area contributed by atoms with Crippen LogP contribution >= 0.6 is 0 Å². The van der Waals surface area contributed by atoms with Crippen LogP contribution in [0.2, 0.25) is 4.44 Å². The summed E-state index contributed by atoms with van der Waals surface area (Å²) in [7, 11) is 0. The Bertz CT molecular complexity index is 2340. The molecule has 0 unspecified atom stereocenters. The Hall–Kier alpha value is -3.08. The number of benzene rings is 6. The van der Waals surface area contributed by atoms with Gasteiger partial charge in [-0.15, -0.1) is 0 Å². The van der Waals surface area contributed by atoms with Crippen LogP contribution in [-0.4, -0.2) is 43.7 Å². The fourth-order valence-corrected chi connectivity index (χ4v) is 17.8. The first-order valence-electron chi connectivity index (χ1n) is 26.3. The molecule has 2 heteroatoms. The summed E-state index contributed by atoms with van der Waals surface area (Å²) in [5.41, 5.74) is 24.2. The minimum absolute atomic E-state index is 0.388. The Balaban J connectivity index is 0.000000258. The molecule has 360 valence electrons. The van der Waals surface area contributed by atoms with E-state index in [1.165, 1.54) is 126 Å². The Kier molecular flexibility index (Phi) is 20.0. The van der Waals surface area contributed by atoms with Crippen LogP contribution < -0.4 is 7.16 Å². The van der Waals surface area contributed by atoms with Gasteiger partial charge in [-0.05, 0) is 0 Å². The summed E-state index contributed by atoms with van der Waals surface area (Å²) < 4.78 is 4.61. The first kappa shape index (κ1) is 55.8. The maximum atomic E-state index is 2.46. The summed E-state index contributed by atoms with van der Waals surface area (Å²) in [6.07, 6.45) is 1.31. The molecule has 0 saturated carbocycles. The molecular formula is C66H88Sn2. The van der Waals surface area contributed by atoms with Crippen LogP contribution in [-0.2, 0) is 0 Å². The van der Waals surface area contributed by atoms with Crippen molar-refractivity contribution in [2.45, 2.75) is 190 Å². The quantitative estimate of drug-likeness (QED) is 0.0899. The molecule has 0 aliphatic carbocycles. The topological polar surface area (TPSA) is 0 Å². The molecule has 0 bridgehead atoms. The van der Waals surface area contributed by atoms with E-state index in [2.05, 4.69) is 241 Å². The monoisotopic (exact) mass is 1120 g/mol. The van der Waals surface area contributed by atoms with Crippen molar-refractivity contribution in [3.63, 3.8) is 0 Å². The van der Waals surface area contributed by atoms with Gasteiger partial charge in [0.25, 0.3) is 0 Å². The summed E-state index contributed by atoms with van der Waals surface area (Å²) in [6, 6.07) is 42.1. The van der Waals surface area contributed by atoms with Gasteiger partial charge in [-0.3, -0.25) is 0 Å². The molecule has 68 heavy (non-hydrogen) atoms. The minimum atomic E-state index is -1.09. The fraction of sp³-hybridized carbons (Fsp3) is 0.455. The summed E-state index contributed by atoms with van der Waals surface area (Å²) in [6.45, 7) is 44.6. The molecule has 0 saturated heterocycles. The van der Waals surface area contributed by atoms with Gasteiger partial charge in [0.05, 0.1) is 0 Å². The van der Waals surface area contributed by atoms with Gasteiger partial charge >= 0.3 is 444 Å². The van der Waals surface area contributed by atoms with E-state index < -0.39 is 21.1 Å². The second-order valence-electron chi connectivity index (χ2n) is 23.3. The molecule has 6 rings (SSSR count). The zero-order valence-electron chi connectivity index (χ0n) is 46.0. The molecule has 0 nitrogen and oxygen atoms in total.